The fourth-order valence-electron chi connectivity index (χ4n) is 0.871. The molecule has 0 aliphatic heterocycles. The summed E-state index contributed by atoms with van der Waals surface area (Å²) in [6, 6.07) is 3.33. The van der Waals surface area contributed by atoms with Crippen molar-refractivity contribution in [1.29, 1.82) is 0 Å². The van der Waals surface area contributed by atoms with Crippen molar-refractivity contribution in [3.8, 4) is 11.8 Å². The van der Waals surface area contributed by atoms with Gasteiger partial charge in [-0.05, 0) is 12.1 Å². The lowest BCUT2D eigenvalue weighted by molar-refractivity contribution is -0.107. The largest absolute Gasteiger partial charge is 0.302 e. The van der Waals surface area contributed by atoms with Gasteiger partial charge < -0.3 is 4.79 Å². The first-order chi connectivity index (χ1) is 6.74. The number of aldehydes is 1. The van der Waals surface area contributed by atoms with Gasteiger partial charge in [-0.25, -0.2) is 0 Å². The molecule has 0 unspecified atom stereocenters. The maximum atomic E-state index is 10.9. The van der Waals surface area contributed by atoms with Crippen molar-refractivity contribution < 1.29 is 9.59 Å². The molecule has 0 bridgehead atoms. The molecular weight excluding hydrogens is 178 g/mol. The van der Waals surface area contributed by atoms with Gasteiger partial charge >= 0.3 is 0 Å². The average molecular weight is 187 g/mol. The smallest absolute Gasteiger partial charge is 0.178 e. The van der Waals surface area contributed by atoms with Gasteiger partial charge in [0.25, 0.3) is 0 Å². The summed E-state index contributed by atoms with van der Waals surface area (Å²) in [5, 5.41) is 0. The van der Waals surface area contributed by atoms with Crippen LogP contribution in [-0.2, 0) is 4.79 Å². The minimum atomic E-state index is -0.0719. The van der Waals surface area contributed by atoms with Crippen molar-refractivity contribution >= 4 is 12.1 Å². The van der Waals surface area contributed by atoms with E-state index in [9.17, 15) is 9.59 Å². The Morgan fingerprint density at radius 1 is 1.57 bits per heavy atom. The summed E-state index contributed by atoms with van der Waals surface area (Å²) in [6.07, 6.45) is 2.48. The minimum Gasteiger partial charge on any atom is -0.302 e. The van der Waals surface area contributed by atoms with Gasteiger partial charge in [-0.3, -0.25) is 9.78 Å². The SMILES string of the molecule is CC(=O)c1ccc(C#CCC=O)cn1. The third kappa shape index (κ3) is 2.83. The lowest BCUT2D eigenvalue weighted by Gasteiger charge is -1.93. The molecule has 1 aromatic rings. The van der Waals surface area contributed by atoms with Gasteiger partial charge in [0.1, 0.15) is 12.0 Å². The summed E-state index contributed by atoms with van der Waals surface area (Å²) in [6.45, 7) is 1.46. The van der Waals surface area contributed by atoms with Gasteiger partial charge in [-0.15, -0.1) is 0 Å². The molecular formula is C11H9NO2. The third-order valence-corrected chi connectivity index (χ3v) is 1.54. The molecule has 1 heterocycles. The van der Waals surface area contributed by atoms with Crippen LogP contribution in [0.2, 0.25) is 0 Å². The van der Waals surface area contributed by atoms with E-state index in [1.165, 1.54) is 13.1 Å². The Bertz CT molecular complexity index is 396. The van der Waals surface area contributed by atoms with Gasteiger partial charge in [-0.1, -0.05) is 11.8 Å². The van der Waals surface area contributed by atoms with Crippen LogP contribution in [0.1, 0.15) is 29.4 Å². The molecule has 0 saturated carbocycles. The fourth-order valence-corrected chi connectivity index (χ4v) is 0.871. The van der Waals surface area contributed by atoms with Gasteiger partial charge in [0.2, 0.25) is 0 Å². The highest BCUT2D eigenvalue weighted by atomic mass is 16.1. The molecule has 0 fully saturated rings. The van der Waals surface area contributed by atoms with Gasteiger partial charge in [0.15, 0.2) is 5.78 Å². The molecule has 0 atom stereocenters. The standard InChI is InChI=1S/C11H9NO2/c1-9(14)11-6-5-10(8-12-11)4-2-3-7-13/h5-8H,3H2,1H3. The maximum Gasteiger partial charge on any atom is 0.178 e. The molecule has 0 N–H and O–H groups in total. The summed E-state index contributed by atoms with van der Waals surface area (Å²) in [7, 11) is 0. The number of nitrogens with zero attached hydrogens (tertiary/aromatic N) is 1. The molecule has 0 amide bonds. The number of carbonyl (C=O) groups excluding carboxylic acids is 2. The summed E-state index contributed by atoms with van der Waals surface area (Å²) in [4.78, 5) is 24.8. The molecule has 1 aromatic heterocycles. The number of carbonyl (C=O) groups is 2. The highest BCUT2D eigenvalue weighted by Gasteiger charge is 1.98. The summed E-state index contributed by atoms with van der Waals surface area (Å²) >= 11 is 0. The minimum absolute atomic E-state index is 0.0719. The van der Waals surface area contributed by atoms with Crippen LogP contribution in [0.25, 0.3) is 0 Å². The number of ketones is 1. The number of Topliss-reactive ketones (excluding diaryl/α,β-unsaturated/α-hetero) is 1. The normalized spacial score (nSPS) is 8.64. The molecule has 0 radical (unpaired) electrons. The Kier molecular flexibility index (Phi) is 3.57. The van der Waals surface area contributed by atoms with Crippen LogP contribution in [0.5, 0.6) is 0 Å². The zero-order valence-corrected chi connectivity index (χ0v) is 7.78. The van der Waals surface area contributed by atoms with Crippen LogP contribution >= 0.6 is 0 Å². The number of pyridine rings is 1. The predicted molar refractivity (Wildman–Crippen MR) is 51.8 cm³/mol. The van der Waals surface area contributed by atoms with Gasteiger partial charge in [-0.2, -0.15) is 0 Å². The fraction of sp³-hybridized carbons (Fsp3) is 0.182. The zero-order chi connectivity index (χ0) is 10.4. The molecule has 70 valence electrons. The summed E-state index contributed by atoms with van der Waals surface area (Å²) in [5.41, 5.74) is 1.13. The summed E-state index contributed by atoms with van der Waals surface area (Å²) in [5.74, 6) is 5.34. The quantitative estimate of drug-likeness (QED) is 0.397. The number of aromatic nitrogens is 1. The van der Waals surface area contributed by atoms with E-state index in [1.807, 2.05) is 0 Å². The number of hydrogen-bond acceptors (Lipinski definition) is 3. The molecule has 3 nitrogen and oxygen atoms in total. The van der Waals surface area contributed by atoms with Crippen molar-refractivity contribution in [2.45, 2.75) is 13.3 Å². The Morgan fingerprint density at radius 3 is 2.86 bits per heavy atom. The Hall–Kier alpha value is -1.95. The molecule has 0 aliphatic carbocycles. The highest BCUT2D eigenvalue weighted by Crippen LogP contribution is 1.99. The van der Waals surface area contributed by atoms with E-state index in [-0.39, 0.29) is 12.2 Å². The van der Waals surface area contributed by atoms with Gasteiger partial charge in [0, 0.05) is 18.7 Å². The highest BCUT2D eigenvalue weighted by molar-refractivity contribution is 5.92. The first kappa shape index (κ1) is 10.1. The Labute approximate surface area is 82.2 Å². The molecule has 3 heteroatoms. The van der Waals surface area contributed by atoms with E-state index in [1.54, 1.807) is 12.1 Å². The van der Waals surface area contributed by atoms with E-state index in [2.05, 4.69) is 16.8 Å². The Morgan fingerprint density at radius 2 is 2.36 bits per heavy atom. The van der Waals surface area contributed by atoms with Crippen LogP contribution in [0.4, 0.5) is 0 Å². The van der Waals surface area contributed by atoms with E-state index in [0.29, 0.717) is 11.3 Å². The first-order valence-electron chi connectivity index (χ1n) is 4.13. The second-order valence-electron chi connectivity index (χ2n) is 2.66. The third-order valence-electron chi connectivity index (χ3n) is 1.54. The Balaban J connectivity index is 2.80. The molecule has 0 saturated heterocycles. The summed E-state index contributed by atoms with van der Waals surface area (Å²) < 4.78 is 0. The first-order valence-corrected chi connectivity index (χ1v) is 4.13. The van der Waals surface area contributed by atoms with Crippen LogP contribution in [0, 0.1) is 11.8 Å². The molecule has 14 heavy (non-hydrogen) atoms. The van der Waals surface area contributed by atoms with Gasteiger partial charge in [0.05, 0.1) is 6.42 Å². The van der Waals surface area contributed by atoms with E-state index >= 15 is 0 Å². The van der Waals surface area contributed by atoms with E-state index in [0.717, 1.165) is 6.29 Å². The molecule has 0 spiro atoms. The average Bonchev–Trinajstić information content (AvgIpc) is 2.19. The predicted octanol–water partition coefficient (Wildman–Crippen LogP) is 1.22. The van der Waals surface area contributed by atoms with E-state index in [4.69, 9.17) is 0 Å². The zero-order valence-electron chi connectivity index (χ0n) is 7.78. The van der Waals surface area contributed by atoms with Crippen molar-refractivity contribution in [3.05, 3.63) is 29.6 Å². The molecule has 0 aliphatic rings. The lowest BCUT2D eigenvalue weighted by Crippen LogP contribution is -1.95. The van der Waals surface area contributed by atoms with Crippen molar-refractivity contribution in [3.63, 3.8) is 0 Å². The molecule has 0 aromatic carbocycles. The second kappa shape index (κ2) is 4.93. The van der Waals surface area contributed by atoms with Crippen LogP contribution < -0.4 is 0 Å². The van der Waals surface area contributed by atoms with Crippen LogP contribution in [0.3, 0.4) is 0 Å². The second-order valence-corrected chi connectivity index (χ2v) is 2.66. The van der Waals surface area contributed by atoms with E-state index < -0.39 is 0 Å². The monoisotopic (exact) mass is 187 g/mol. The van der Waals surface area contributed by atoms with Crippen molar-refractivity contribution in [2.24, 2.45) is 0 Å². The number of hydrogen-bond donors (Lipinski definition) is 0. The van der Waals surface area contributed by atoms with Crippen LogP contribution in [-0.4, -0.2) is 17.1 Å². The lowest BCUT2D eigenvalue weighted by atomic mass is 10.2. The number of rotatable bonds is 2. The van der Waals surface area contributed by atoms with Crippen molar-refractivity contribution in [2.75, 3.05) is 0 Å². The topological polar surface area (TPSA) is 47.0 Å². The maximum absolute atomic E-state index is 10.9. The van der Waals surface area contributed by atoms with Crippen molar-refractivity contribution in [1.82, 2.24) is 4.98 Å². The van der Waals surface area contributed by atoms with Crippen LogP contribution in [0.15, 0.2) is 18.3 Å². The molecule has 1 rings (SSSR count).